The highest BCUT2D eigenvalue weighted by atomic mass is 16.5. The fraction of sp³-hybridized carbons (Fsp3) is 0.316. The molecule has 0 spiro atoms. The van der Waals surface area contributed by atoms with E-state index in [2.05, 4.69) is 30.1 Å². The Morgan fingerprint density at radius 1 is 1.11 bits per heavy atom. The average molecular weight is 362 g/mol. The number of hydrogen-bond acceptors (Lipinski definition) is 7. The van der Waals surface area contributed by atoms with Crippen molar-refractivity contribution in [1.82, 2.24) is 30.1 Å². The van der Waals surface area contributed by atoms with Gasteiger partial charge in [-0.05, 0) is 37.1 Å². The Labute approximate surface area is 155 Å². The van der Waals surface area contributed by atoms with E-state index in [4.69, 9.17) is 9.26 Å². The lowest BCUT2D eigenvalue weighted by molar-refractivity contribution is 0.398. The van der Waals surface area contributed by atoms with Crippen molar-refractivity contribution in [1.29, 1.82) is 0 Å². The maximum atomic E-state index is 5.46. The van der Waals surface area contributed by atoms with Crippen molar-refractivity contribution in [2.45, 2.75) is 31.7 Å². The molecule has 0 bridgehead atoms. The lowest BCUT2D eigenvalue weighted by Crippen LogP contribution is -2.06. The number of hydrogen-bond donors (Lipinski definition) is 0. The Morgan fingerprint density at radius 3 is 2.85 bits per heavy atom. The molecular formula is C19H18N6O2. The molecule has 1 aliphatic carbocycles. The average Bonchev–Trinajstić information content (AvgIpc) is 3.47. The molecule has 4 aromatic rings. The van der Waals surface area contributed by atoms with Crippen molar-refractivity contribution in [2.75, 3.05) is 7.11 Å². The first-order valence-corrected chi connectivity index (χ1v) is 9.01. The molecule has 3 aromatic heterocycles. The fourth-order valence-electron chi connectivity index (χ4n) is 3.61. The van der Waals surface area contributed by atoms with Crippen LogP contribution in [-0.2, 0) is 0 Å². The third kappa shape index (κ3) is 2.83. The van der Waals surface area contributed by atoms with Crippen LogP contribution in [0.4, 0.5) is 0 Å². The number of rotatable bonds is 4. The minimum Gasteiger partial charge on any atom is -0.481 e. The monoisotopic (exact) mass is 362 g/mol. The lowest BCUT2D eigenvalue weighted by atomic mass is 10.2. The molecule has 1 saturated carbocycles. The summed E-state index contributed by atoms with van der Waals surface area (Å²) >= 11 is 0. The highest BCUT2D eigenvalue weighted by Crippen LogP contribution is 2.32. The van der Waals surface area contributed by atoms with Gasteiger partial charge in [-0.3, -0.25) is 0 Å². The van der Waals surface area contributed by atoms with Crippen LogP contribution in [0.1, 0.15) is 31.7 Å². The van der Waals surface area contributed by atoms with Gasteiger partial charge in [-0.15, -0.1) is 5.10 Å². The van der Waals surface area contributed by atoms with Gasteiger partial charge in [0.05, 0.1) is 18.7 Å². The molecular weight excluding hydrogens is 344 g/mol. The van der Waals surface area contributed by atoms with E-state index in [1.54, 1.807) is 19.4 Å². The van der Waals surface area contributed by atoms with Crippen LogP contribution in [0.3, 0.4) is 0 Å². The molecule has 8 nitrogen and oxygen atoms in total. The van der Waals surface area contributed by atoms with E-state index in [9.17, 15) is 0 Å². The molecule has 5 rings (SSSR count). The number of ether oxygens (including phenoxy) is 1. The van der Waals surface area contributed by atoms with Crippen molar-refractivity contribution in [3.63, 3.8) is 0 Å². The van der Waals surface area contributed by atoms with Crippen molar-refractivity contribution in [2.24, 2.45) is 0 Å². The highest BCUT2D eigenvalue weighted by molar-refractivity contribution is 5.80. The van der Waals surface area contributed by atoms with Crippen LogP contribution in [0.15, 0.2) is 41.1 Å². The summed E-state index contributed by atoms with van der Waals surface area (Å²) < 4.78 is 12.7. The van der Waals surface area contributed by atoms with E-state index >= 15 is 0 Å². The van der Waals surface area contributed by atoms with Gasteiger partial charge in [-0.2, -0.15) is 4.98 Å². The van der Waals surface area contributed by atoms with Crippen molar-refractivity contribution in [3.8, 4) is 28.7 Å². The molecule has 27 heavy (non-hydrogen) atoms. The maximum absolute atomic E-state index is 5.46. The van der Waals surface area contributed by atoms with Crippen LogP contribution in [0.5, 0.6) is 5.88 Å². The Balaban J connectivity index is 1.48. The second-order valence-electron chi connectivity index (χ2n) is 6.69. The Kier molecular flexibility index (Phi) is 3.81. The second kappa shape index (κ2) is 6.46. The summed E-state index contributed by atoms with van der Waals surface area (Å²) in [6, 6.07) is 9.98. The predicted molar refractivity (Wildman–Crippen MR) is 98.1 cm³/mol. The third-order valence-electron chi connectivity index (χ3n) is 5.02. The van der Waals surface area contributed by atoms with E-state index in [0.29, 0.717) is 23.6 Å². The van der Waals surface area contributed by atoms with Gasteiger partial charge in [-0.1, -0.05) is 23.2 Å². The minimum absolute atomic E-state index is 0.443. The summed E-state index contributed by atoms with van der Waals surface area (Å²) in [6.07, 6.45) is 6.51. The number of benzene rings is 1. The topological polar surface area (TPSA) is 91.8 Å². The highest BCUT2D eigenvalue weighted by Gasteiger charge is 2.21. The Bertz CT molecular complexity index is 1100. The summed E-state index contributed by atoms with van der Waals surface area (Å²) in [6.45, 7) is 0. The number of pyridine rings is 1. The summed E-state index contributed by atoms with van der Waals surface area (Å²) in [4.78, 5) is 8.59. The standard InChI is InChI=1S/C19H18N6O2/c1-26-17-11-12(8-9-20-17)18-21-19(27-23-18)13-6-7-16-15(10-13)22-24-25(16)14-4-2-3-5-14/h6-11,14H,2-5H2,1H3. The van der Waals surface area contributed by atoms with Gasteiger partial charge < -0.3 is 9.26 Å². The zero-order chi connectivity index (χ0) is 18.2. The van der Waals surface area contributed by atoms with Crippen LogP contribution in [0.2, 0.25) is 0 Å². The molecule has 1 aliphatic rings. The molecule has 1 aromatic carbocycles. The normalized spacial score (nSPS) is 14.9. The van der Waals surface area contributed by atoms with E-state index in [1.165, 1.54) is 25.7 Å². The second-order valence-corrected chi connectivity index (χ2v) is 6.69. The van der Waals surface area contributed by atoms with Crippen LogP contribution in [0.25, 0.3) is 33.9 Å². The molecule has 0 N–H and O–H groups in total. The first-order chi connectivity index (χ1) is 13.3. The molecule has 0 unspecified atom stereocenters. The van der Waals surface area contributed by atoms with Gasteiger partial charge in [0.25, 0.3) is 5.89 Å². The number of aromatic nitrogens is 6. The van der Waals surface area contributed by atoms with Gasteiger partial charge in [0.1, 0.15) is 5.52 Å². The third-order valence-corrected chi connectivity index (χ3v) is 5.02. The zero-order valence-electron chi connectivity index (χ0n) is 14.9. The molecule has 8 heteroatoms. The molecule has 3 heterocycles. The summed E-state index contributed by atoms with van der Waals surface area (Å²) in [5, 5.41) is 12.8. The predicted octanol–water partition coefficient (Wildman–Crippen LogP) is 3.67. The summed E-state index contributed by atoms with van der Waals surface area (Å²) in [5.74, 6) is 1.43. The molecule has 1 fully saturated rings. The lowest BCUT2D eigenvalue weighted by Gasteiger charge is -2.09. The largest absolute Gasteiger partial charge is 0.481 e. The van der Waals surface area contributed by atoms with Gasteiger partial charge in [-0.25, -0.2) is 9.67 Å². The summed E-state index contributed by atoms with van der Waals surface area (Å²) in [7, 11) is 1.57. The quantitative estimate of drug-likeness (QED) is 0.547. The van der Waals surface area contributed by atoms with Crippen LogP contribution >= 0.6 is 0 Å². The van der Waals surface area contributed by atoms with Gasteiger partial charge in [0.15, 0.2) is 0 Å². The molecule has 0 radical (unpaired) electrons. The van der Waals surface area contributed by atoms with Crippen molar-refractivity contribution in [3.05, 3.63) is 36.5 Å². The SMILES string of the molecule is COc1cc(-c2noc(-c3ccc4c(c3)nnn4C3CCCC3)n2)ccn1. The van der Waals surface area contributed by atoms with Gasteiger partial charge in [0, 0.05) is 23.4 Å². The molecule has 0 atom stereocenters. The Morgan fingerprint density at radius 2 is 2.00 bits per heavy atom. The van der Waals surface area contributed by atoms with Gasteiger partial charge in [0.2, 0.25) is 11.7 Å². The minimum atomic E-state index is 0.443. The number of nitrogens with zero attached hydrogens (tertiary/aromatic N) is 6. The van der Waals surface area contributed by atoms with E-state index in [1.807, 2.05) is 24.3 Å². The van der Waals surface area contributed by atoms with E-state index in [-0.39, 0.29) is 0 Å². The van der Waals surface area contributed by atoms with Crippen LogP contribution in [-0.4, -0.2) is 37.2 Å². The Hall–Kier alpha value is -3.29. The molecule has 0 saturated heterocycles. The maximum Gasteiger partial charge on any atom is 0.258 e. The van der Waals surface area contributed by atoms with Gasteiger partial charge >= 0.3 is 0 Å². The zero-order valence-corrected chi connectivity index (χ0v) is 14.9. The van der Waals surface area contributed by atoms with Crippen molar-refractivity contribution >= 4 is 11.0 Å². The van der Waals surface area contributed by atoms with Crippen LogP contribution < -0.4 is 4.74 Å². The molecule has 0 amide bonds. The van der Waals surface area contributed by atoms with Crippen LogP contribution in [0, 0.1) is 0 Å². The molecule has 0 aliphatic heterocycles. The smallest absolute Gasteiger partial charge is 0.258 e. The summed E-state index contributed by atoms with van der Waals surface area (Å²) in [5.41, 5.74) is 3.49. The number of fused-ring (bicyclic) bond motifs is 1. The number of methoxy groups -OCH3 is 1. The van der Waals surface area contributed by atoms with Crippen molar-refractivity contribution < 1.29 is 9.26 Å². The van der Waals surface area contributed by atoms with E-state index in [0.717, 1.165) is 22.2 Å². The fourth-order valence-corrected chi connectivity index (χ4v) is 3.61. The molecule has 136 valence electrons. The first-order valence-electron chi connectivity index (χ1n) is 9.01. The first kappa shape index (κ1) is 15.9. The van der Waals surface area contributed by atoms with E-state index < -0.39 is 0 Å².